The van der Waals surface area contributed by atoms with Crippen LogP contribution in [0.15, 0.2) is 28.7 Å². The second-order valence-corrected chi connectivity index (χ2v) is 6.87. The van der Waals surface area contributed by atoms with Gasteiger partial charge in [0.05, 0.1) is 6.07 Å². The summed E-state index contributed by atoms with van der Waals surface area (Å²) >= 11 is 0. The van der Waals surface area contributed by atoms with Gasteiger partial charge in [-0.25, -0.2) is 4.58 Å². The van der Waals surface area contributed by atoms with Gasteiger partial charge >= 0.3 is 7.25 Å². The molecule has 1 heterocycles. The van der Waals surface area contributed by atoms with Crippen LogP contribution in [0, 0.1) is 6.92 Å². The number of benzene rings is 1. The molecule has 0 radical (unpaired) electrons. The molecule has 0 aromatic carbocycles. The average molecular weight is 359 g/mol. The maximum Gasteiger partial charge on any atom is 0.673 e. The minimum atomic E-state index is -6.00. The molecule has 1 aliphatic heterocycles. The molecule has 0 aromatic rings. The van der Waals surface area contributed by atoms with Crippen molar-refractivity contribution in [3.63, 3.8) is 0 Å². The number of halogens is 4. The third-order valence-electron chi connectivity index (χ3n) is 3.81. The van der Waals surface area contributed by atoms with Crippen LogP contribution in [-0.4, -0.2) is 20.3 Å². The van der Waals surface area contributed by atoms with E-state index in [4.69, 9.17) is 4.42 Å². The number of aryl methyl sites for hydroxylation is 1. The highest BCUT2D eigenvalue weighted by Crippen LogP contribution is 2.34. The van der Waals surface area contributed by atoms with Crippen molar-refractivity contribution in [2.45, 2.75) is 47.0 Å². The maximum atomic E-state index is 9.75. The third-order valence-corrected chi connectivity index (χ3v) is 3.81. The van der Waals surface area contributed by atoms with Gasteiger partial charge in [0.25, 0.3) is 0 Å². The zero-order valence-corrected chi connectivity index (χ0v) is 15.7. The first-order valence-corrected chi connectivity index (χ1v) is 8.37. The molecule has 2 rings (SSSR count). The lowest BCUT2D eigenvalue weighted by Crippen LogP contribution is -2.29. The van der Waals surface area contributed by atoms with Gasteiger partial charge in [-0.05, 0) is 43.9 Å². The summed E-state index contributed by atoms with van der Waals surface area (Å²) in [6, 6.07) is 8.74. The van der Waals surface area contributed by atoms with Gasteiger partial charge in [0.15, 0.2) is 0 Å². The van der Waals surface area contributed by atoms with E-state index in [-0.39, 0.29) is 5.41 Å². The van der Waals surface area contributed by atoms with Crippen LogP contribution in [0.1, 0.15) is 45.9 Å². The summed E-state index contributed by atoms with van der Waals surface area (Å²) in [7, 11) is -6.00. The molecule has 25 heavy (non-hydrogen) atoms. The highest BCUT2D eigenvalue weighted by atomic mass is 19.5. The lowest BCUT2D eigenvalue weighted by atomic mass is 9.83. The van der Waals surface area contributed by atoms with Gasteiger partial charge in [-0.15, -0.1) is 0 Å². The van der Waals surface area contributed by atoms with Gasteiger partial charge in [0, 0.05) is 11.6 Å². The predicted molar refractivity (Wildman–Crippen MR) is 95.3 cm³/mol. The summed E-state index contributed by atoms with van der Waals surface area (Å²) in [5.41, 5.74) is 2.69. The molecule has 2 nitrogen and oxygen atoms in total. The summed E-state index contributed by atoms with van der Waals surface area (Å²) in [6.07, 6.45) is 0. The van der Waals surface area contributed by atoms with E-state index in [9.17, 15) is 17.3 Å². The molecule has 0 saturated heterocycles. The lowest BCUT2D eigenvalue weighted by molar-refractivity contribution is 0.368. The van der Waals surface area contributed by atoms with Gasteiger partial charge in [-0.3, -0.25) is 0 Å². The first kappa shape index (κ1) is 21.3. The van der Waals surface area contributed by atoms with Crippen LogP contribution < -0.4 is 9.93 Å². The van der Waals surface area contributed by atoms with E-state index in [1.807, 2.05) is 6.92 Å². The van der Waals surface area contributed by atoms with Crippen LogP contribution in [0.3, 0.4) is 0 Å². The molecule has 140 valence electrons. The van der Waals surface area contributed by atoms with Crippen LogP contribution >= 0.6 is 0 Å². The normalized spacial score (nSPS) is 11.9. The number of nitrogens with zero attached hydrogens (tertiary/aromatic N) is 1. The number of hydrogen-bond donors (Lipinski definition) is 0. The summed E-state index contributed by atoms with van der Waals surface area (Å²) in [5.74, 6) is 1.96. The fourth-order valence-electron chi connectivity index (χ4n) is 2.71. The van der Waals surface area contributed by atoms with E-state index in [1.54, 1.807) is 0 Å². The Balaban J connectivity index is 0.000000550. The van der Waals surface area contributed by atoms with E-state index in [1.165, 1.54) is 16.5 Å². The van der Waals surface area contributed by atoms with Crippen LogP contribution in [0.2, 0.25) is 0 Å². The van der Waals surface area contributed by atoms with Crippen LogP contribution in [-0.2, 0) is 5.41 Å². The van der Waals surface area contributed by atoms with Gasteiger partial charge in [0.2, 0.25) is 5.36 Å². The zero-order valence-electron chi connectivity index (χ0n) is 15.7. The predicted octanol–water partition coefficient (Wildman–Crippen LogP) is 5.10. The highest BCUT2D eigenvalue weighted by Gasteiger charge is 2.22. The van der Waals surface area contributed by atoms with Gasteiger partial charge in [0.1, 0.15) is 24.6 Å². The van der Waals surface area contributed by atoms with Crippen molar-refractivity contribution < 1.29 is 21.7 Å². The van der Waals surface area contributed by atoms with Crippen molar-refractivity contribution in [2.24, 2.45) is 0 Å². The molecule has 0 bridgehead atoms. The highest BCUT2D eigenvalue weighted by molar-refractivity contribution is 6.50. The van der Waals surface area contributed by atoms with Crippen molar-refractivity contribution in [1.29, 1.82) is 0 Å². The van der Waals surface area contributed by atoms with Crippen LogP contribution in [0.25, 0.3) is 11.3 Å². The van der Waals surface area contributed by atoms with Crippen molar-refractivity contribution in [3.8, 4) is 11.3 Å². The molecule has 0 amide bonds. The Morgan fingerprint density at radius 3 is 1.96 bits per heavy atom. The maximum absolute atomic E-state index is 9.75. The van der Waals surface area contributed by atoms with E-state index < -0.39 is 7.25 Å². The fourth-order valence-corrected chi connectivity index (χ4v) is 2.71. The molecule has 0 fully saturated rings. The van der Waals surface area contributed by atoms with Crippen LogP contribution in [0.5, 0.6) is 0 Å². The van der Waals surface area contributed by atoms with E-state index in [0.717, 1.165) is 24.6 Å². The molecule has 0 aromatic heterocycles. The third kappa shape index (κ3) is 6.55. The van der Waals surface area contributed by atoms with Crippen LogP contribution in [0.4, 0.5) is 17.3 Å². The topological polar surface area (TPSA) is 16.1 Å². The molecule has 7 heteroatoms. The largest absolute Gasteiger partial charge is 0.673 e. The standard InChI is InChI=1S/C18H26NO.BF4/c1-7-19(8-2)14-9-10-15-16(18(4,5)6)11-13(3)20-17(15)12-14;2-1(3,4)5/h9-12H,7-8H2,1-6H3;/q+1;-1. The van der Waals surface area contributed by atoms with Gasteiger partial charge in [-0.2, -0.15) is 0 Å². The second-order valence-electron chi connectivity index (χ2n) is 6.87. The lowest BCUT2D eigenvalue weighted by Gasteiger charge is -2.23. The molecule has 0 atom stereocenters. The Morgan fingerprint density at radius 2 is 1.52 bits per heavy atom. The molecule has 0 unspecified atom stereocenters. The minimum absolute atomic E-state index is 0.122. The molecular weight excluding hydrogens is 333 g/mol. The Morgan fingerprint density at radius 1 is 1.00 bits per heavy atom. The minimum Gasteiger partial charge on any atom is -0.461 e. The summed E-state index contributed by atoms with van der Waals surface area (Å²) < 4.78 is 47.3. The van der Waals surface area contributed by atoms with Crippen molar-refractivity contribution in [3.05, 3.63) is 40.9 Å². The molecule has 1 aliphatic carbocycles. The van der Waals surface area contributed by atoms with Gasteiger partial charge < -0.3 is 21.7 Å². The molecule has 0 N–H and O–H groups in total. The molecule has 0 saturated carbocycles. The smallest absolute Gasteiger partial charge is 0.461 e. The average Bonchev–Trinajstić information content (AvgIpc) is 2.44. The van der Waals surface area contributed by atoms with E-state index >= 15 is 0 Å². The number of hydrogen-bond acceptors (Lipinski definition) is 1. The second kappa shape index (κ2) is 8.06. The number of rotatable bonds is 2. The Hall–Kier alpha value is -1.79. The fraction of sp³-hybridized carbons (Fsp3) is 0.500. The summed E-state index contributed by atoms with van der Waals surface area (Å²) in [5, 5.41) is 1.23. The first-order valence-electron chi connectivity index (χ1n) is 8.37. The molecule has 2 aliphatic rings. The summed E-state index contributed by atoms with van der Waals surface area (Å²) in [6.45, 7) is 15.2. The van der Waals surface area contributed by atoms with Crippen molar-refractivity contribution in [1.82, 2.24) is 4.58 Å². The zero-order chi connectivity index (χ0) is 19.4. The van der Waals surface area contributed by atoms with Crippen molar-refractivity contribution >= 4 is 7.25 Å². The van der Waals surface area contributed by atoms with Gasteiger partial charge in [-0.1, -0.05) is 20.8 Å². The SMILES string of the molecule is CC[N+](CC)=c1ccc2c(C(C)(C)C)cc(C)oc-2c1.F[B-](F)(F)F. The Kier molecular flexibility index (Phi) is 6.86. The van der Waals surface area contributed by atoms with Crippen molar-refractivity contribution in [2.75, 3.05) is 13.1 Å². The summed E-state index contributed by atoms with van der Waals surface area (Å²) in [4.78, 5) is 0. The Labute approximate surface area is 146 Å². The Bertz CT molecular complexity index is 732. The quantitative estimate of drug-likeness (QED) is 0.414. The first-order chi connectivity index (χ1) is 11.4. The number of fused-ring (bicyclic) bond motifs is 1. The monoisotopic (exact) mass is 359 g/mol. The van der Waals surface area contributed by atoms with E-state index in [0.29, 0.717) is 0 Å². The molecule has 0 spiro atoms. The van der Waals surface area contributed by atoms with E-state index in [2.05, 4.69) is 63.5 Å². The molecular formula is C18H26BF4NO.